The van der Waals surface area contributed by atoms with E-state index in [2.05, 4.69) is 0 Å². The highest BCUT2D eigenvalue weighted by Crippen LogP contribution is 2.26. The Morgan fingerprint density at radius 2 is 2.24 bits per heavy atom. The molecule has 0 spiro atoms. The highest BCUT2D eigenvalue weighted by Gasteiger charge is 2.31. The Kier molecular flexibility index (Phi) is 4.02. The molecule has 1 heterocycles. The van der Waals surface area contributed by atoms with Gasteiger partial charge in [0, 0.05) is 24.8 Å². The van der Waals surface area contributed by atoms with E-state index in [0.717, 1.165) is 0 Å². The topological polar surface area (TPSA) is 107 Å². The largest absolute Gasteiger partial charge is 0.368 e. The summed E-state index contributed by atoms with van der Waals surface area (Å²) in [6, 6.07) is 5.39. The van der Waals surface area contributed by atoms with Gasteiger partial charge in [0.2, 0.25) is 11.8 Å². The summed E-state index contributed by atoms with van der Waals surface area (Å²) < 4.78 is 0. The maximum Gasteiger partial charge on any atom is 0.270 e. The molecule has 1 aliphatic rings. The van der Waals surface area contributed by atoms with E-state index in [1.165, 1.54) is 23.1 Å². The van der Waals surface area contributed by atoms with Crippen LogP contribution in [0.5, 0.6) is 0 Å². The molecule has 0 bridgehead atoms. The van der Waals surface area contributed by atoms with Crippen molar-refractivity contribution in [1.29, 1.82) is 0 Å². The van der Waals surface area contributed by atoms with E-state index in [9.17, 15) is 19.7 Å². The number of nitrogens with two attached hydrogens (primary N) is 1. The third-order valence-electron chi connectivity index (χ3n) is 3.44. The lowest BCUT2D eigenvalue weighted by molar-refractivity contribution is -0.384. The molecule has 7 heteroatoms. The Labute approximate surface area is 121 Å². The zero-order valence-corrected chi connectivity index (χ0v) is 11.5. The molecule has 0 aromatic heterocycles. The van der Waals surface area contributed by atoms with Crippen molar-refractivity contribution < 1.29 is 14.5 Å². The van der Waals surface area contributed by atoms with Crippen molar-refractivity contribution in [3.63, 3.8) is 0 Å². The molecule has 0 radical (unpaired) electrons. The van der Waals surface area contributed by atoms with Crippen molar-refractivity contribution in [2.75, 3.05) is 6.54 Å². The lowest BCUT2D eigenvalue weighted by Crippen LogP contribution is -2.45. The fourth-order valence-electron chi connectivity index (χ4n) is 2.37. The van der Waals surface area contributed by atoms with Gasteiger partial charge in [-0.15, -0.1) is 0 Å². The van der Waals surface area contributed by atoms with Crippen LogP contribution in [-0.2, 0) is 9.59 Å². The molecule has 0 aliphatic carbocycles. The molecule has 2 amide bonds. The summed E-state index contributed by atoms with van der Waals surface area (Å²) in [6.07, 6.45) is 1.82. The molecule has 0 saturated carbocycles. The number of rotatable bonds is 5. The minimum Gasteiger partial charge on any atom is -0.368 e. The Morgan fingerprint density at radius 1 is 1.52 bits per heavy atom. The highest BCUT2D eigenvalue weighted by molar-refractivity contribution is 6.03. The van der Waals surface area contributed by atoms with Crippen molar-refractivity contribution in [2.45, 2.75) is 19.4 Å². The van der Waals surface area contributed by atoms with Crippen LogP contribution in [0.2, 0.25) is 0 Å². The summed E-state index contributed by atoms with van der Waals surface area (Å²) in [4.78, 5) is 35.0. The number of carbonyl (C=O) groups excluding carboxylic acids is 2. The SMILES string of the molecule is CCC(C(N)=O)N1CC(c2cccc([N+](=O)[O-])c2)=CC1=O. The Balaban J connectivity index is 2.26. The lowest BCUT2D eigenvalue weighted by Gasteiger charge is -2.24. The first kappa shape index (κ1) is 14.7. The Bertz CT molecular complexity index is 639. The number of hydrogen-bond donors (Lipinski definition) is 1. The van der Waals surface area contributed by atoms with Crippen LogP contribution in [0.3, 0.4) is 0 Å². The molecular weight excluding hydrogens is 274 g/mol. The molecule has 2 N–H and O–H groups in total. The summed E-state index contributed by atoms with van der Waals surface area (Å²) in [6.45, 7) is 2.00. The molecule has 1 aromatic carbocycles. The second kappa shape index (κ2) is 5.74. The predicted molar refractivity (Wildman–Crippen MR) is 76.1 cm³/mol. The van der Waals surface area contributed by atoms with Crippen LogP contribution >= 0.6 is 0 Å². The average Bonchev–Trinajstić information content (AvgIpc) is 2.81. The molecule has 21 heavy (non-hydrogen) atoms. The minimum absolute atomic E-state index is 0.0405. The summed E-state index contributed by atoms with van der Waals surface area (Å²) >= 11 is 0. The summed E-state index contributed by atoms with van der Waals surface area (Å²) in [7, 11) is 0. The van der Waals surface area contributed by atoms with Gasteiger partial charge in [-0.2, -0.15) is 0 Å². The van der Waals surface area contributed by atoms with E-state index in [1.807, 2.05) is 0 Å². The maximum absolute atomic E-state index is 12.0. The third kappa shape index (κ3) is 2.91. The van der Waals surface area contributed by atoms with E-state index >= 15 is 0 Å². The first-order valence-electron chi connectivity index (χ1n) is 6.49. The van der Waals surface area contributed by atoms with Gasteiger partial charge in [0.25, 0.3) is 5.69 Å². The molecule has 1 aliphatic heterocycles. The first-order valence-corrected chi connectivity index (χ1v) is 6.49. The number of nitro benzene ring substituents is 1. The Morgan fingerprint density at radius 3 is 2.81 bits per heavy atom. The number of non-ortho nitro benzene ring substituents is 1. The Hall–Kier alpha value is -2.70. The zero-order valence-electron chi connectivity index (χ0n) is 11.5. The first-order chi connectivity index (χ1) is 9.93. The fourth-order valence-corrected chi connectivity index (χ4v) is 2.37. The summed E-state index contributed by atoms with van der Waals surface area (Å²) in [5.41, 5.74) is 6.49. The quantitative estimate of drug-likeness (QED) is 0.646. The molecule has 0 fully saturated rings. The van der Waals surface area contributed by atoms with Gasteiger partial charge in [-0.3, -0.25) is 19.7 Å². The number of carbonyl (C=O) groups is 2. The van der Waals surface area contributed by atoms with Gasteiger partial charge in [0.15, 0.2) is 0 Å². The third-order valence-corrected chi connectivity index (χ3v) is 3.44. The number of hydrogen-bond acceptors (Lipinski definition) is 4. The molecule has 2 rings (SSSR count). The van der Waals surface area contributed by atoms with E-state index in [-0.39, 0.29) is 18.1 Å². The van der Waals surface area contributed by atoms with Crippen molar-refractivity contribution in [2.24, 2.45) is 5.73 Å². The molecule has 1 atom stereocenters. The van der Waals surface area contributed by atoms with Gasteiger partial charge in [0.05, 0.1) is 4.92 Å². The fraction of sp³-hybridized carbons (Fsp3) is 0.286. The summed E-state index contributed by atoms with van der Waals surface area (Å²) in [5.74, 6) is -0.860. The number of nitrogens with zero attached hydrogens (tertiary/aromatic N) is 2. The van der Waals surface area contributed by atoms with Crippen molar-refractivity contribution in [1.82, 2.24) is 4.90 Å². The highest BCUT2D eigenvalue weighted by atomic mass is 16.6. The second-order valence-corrected chi connectivity index (χ2v) is 4.77. The van der Waals surface area contributed by atoms with Crippen molar-refractivity contribution in [3.8, 4) is 0 Å². The van der Waals surface area contributed by atoms with Gasteiger partial charge < -0.3 is 10.6 Å². The number of nitro groups is 1. The molecule has 110 valence electrons. The molecule has 1 unspecified atom stereocenters. The van der Waals surface area contributed by atoms with E-state index in [0.29, 0.717) is 17.6 Å². The van der Waals surface area contributed by atoms with Gasteiger partial charge in [-0.1, -0.05) is 19.1 Å². The van der Waals surface area contributed by atoms with Crippen molar-refractivity contribution in [3.05, 3.63) is 46.0 Å². The lowest BCUT2D eigenvalue weighted by atomic mass is 10.1. The van der Waals surface area contributed by atoms with Gasteiger partial charge in [-0.05, 0) is 17.6 Å². The minimum atomic E-state index is -0.662. The molecular formula is C14H15N3O4. The van der Waals surface area contributed by atoms with Gasteiger partial charge in [-0.25, -0.2) is 0 Å². The van der Waals surface area contributed by atoms with Gasteiger partial charge in [0.1, 0.15) is 6.04 Å². The second-order valence-electron chi connectivity index (χ2n) is 4.77. The predicted octanol–water partition coefficient (Wildman–Crippen LogP) is 1.08. The van der Waals surface area contributed by atoms with E-state index < -0.39 is 16.9 Å². The maximum atomic E-state index is 12.0. The molecule has 0 saturated heterocycles. The average molecular weight is 289 g/mol. The summed E-state index contributed by atoms with van der Waals surface area (Å²) in [5, 5.41) is 10.8. The molecule has 7 nitrogen and oxygen atoms in total. The normalized spacial score (nSPS) is 15.8. The standard InChI is InChI=1S/C14H15N3O4/c1-2-12(14(15)19)16-8-10(7-13(16)18)9-4-3-5-11(6-9)17(20)21/h3-7,12H,2,8H2,1H3,(H2,15,19). The number of primary amides is 1. The van der Waals surface area contributed by atoms with E-state index in [1.54, 1.807) is 19.1 Å². The van der Waals surface area contributed by atoms with Crippen LogP contribution in [-0.4, -0.2) is 34.2 Å². The zero-order chi connectivity index (χ0) is 15.6. The van der Waals surface area contributed by atoms with E-state index in [4.69, 9.17) is 5.73 Å². The smallest absolute Gasteiger partial charge is 0.270 e. The number of benzene rings is 1. The monoisotopic (exact) mass is 289 g/mol. The van der Waals surface area contributed by atoms with Crippen LogP contribution in [0, 0.1) is 10.1 Å². The molecule has 1 aromatic rings. The van der Waals surface area contributed by atoms with Crippen molar-refractivity contribution >= 4 is 23.1 Å². The number of amides is 2. The van der Waals surface area contributed by atoms with Crippen LogP contribution in [0.25, 0.3) is 5.57 Å². The van der Waals surface area contributed by atoms with Gasteiger partial charge >= 0.3 is 0 Å². The van der Waals surface area contributed by atoms with Crippen LogP contribution in [0.15, 0.2) is 30.3 Å². The van der Waals surface area contributed by atoms with Crippen LogP contribution in [0.1, 0.15) is 18.9 Å². The van der Waals surface area contributed by atoms with Crippen LogP contribution in [0.4, 0.5) is 5.69 Å². The van der Waals surface area contributed by atoms with Crippen LogP contribution < -0.4 is 5.73 Å².